The Balaban J connectivity index is 1.53. The molecule has 0 amide bonds. The van der Waals surface area contributed by atoms with Crippen LogP contribution < -0.4 is 9.47 Å². The number of rotatable bonds is 15. The summed E-state index contributed by atoms with van der Waals surface area (Å²) in [6.45, 7) is 6.32. The highest BCUT2D eigenvalue weighted by Crippen LogP contribution is 2.68. The van der Waals surface area contributed by atoms with E-state index in [9.17, 15) is 35.2 Å². The fraction of sp³-hybridized carbons (Fsp3) is 0.556. The van der Waals surface area contributed by atoms with Gasteiger partial charge < -0.3 is 9.47 Å². The number of alkyl halides is 2. The smallest absolute Gasteiger partial charge is 0.382 e. The molecule has 2 aliphatic rings. The fourth-order valence-corrected chi connectivity index (χ4v) is 9.14. The van der Waals surface area contributed by atoms with Crippen molar-refractivity contribution in [2.24, 2.45) is 29.6 Å². The monoisotopic (exact) mass is 738 g/mol. The first-order valence-electron chi connectivity index (χ1n) is 16.2. The van der Waals surface area contributed by atoms with Gasteiger partial charge >= 0.3 is 11.9 Å². The van der Waals surface area contributed by atoms with Gasteiger partial charge in [0.25, 0.3) is 20.2 Å². The Labute approximate surface area is 293 Å². The van der Waals surface area contributed by atoms with Crippen molar-refractivity contribution >= 4 is 32.0 Å². The minimum absolute atomic E-state index is 0.0378. The first-order valence-corrected chi connectivity index (χ1v) is 19.8. The Kier molecular flexibility index (Phi) is 11.6. The zero-order chi connectivity index (χ0) is 37.3. The van der Waals surface area contributed by atoms with E-state index >= 15 is 0 Å². The summed E-state index contributed by atoms with van der Waals surface area (Å²) in [5.74, 6) is -2.04. The van der Waals surface area contributed by atoms with E-state index in [1.54, 1.807) is 56.3 Å². The molecule has 0 aliphatic heterocycles. The minimum atomic E-state index is -4.17. The standard InChI is InChI=1S/C36H44F2O10S2/c1-23-12-8-9-14-29(23)46-33(40)36(37,38)20-11-10-13-24(2)30-28(39)22-27-31(30)32(27)35(4,48-50(7,43)44)34(3,47-49(6,41)42)21-19-25-15-17-26(45-5)18-16-25/h8-9,12,14-18,24,27,30-32H,11,19-22H2,1-7H3. The van der Waals surface area contributed by atoms with Crippen LogP contribution in [-0.4, -0.2) is 65.3 Å². The zero-order valence-corrected chi connectivity index (χ0v) is 30.8. The van der Waals surface area contributed by atoms with Gasteiger partial charge in [-0.1, -0.05) is 43.2 Å². The third kappa shape index (κ3) is 9.09. The summed E-state index contributed by atoms with van der Waals surface area (Å²) in [5.41, 5.74) is -2.07. The highest BCUT2D eigenvalue weighted by Gasteiger charge is 2.73. The lowest BCUT2D eigenvalue weighted by atomic mass is 9.74. The van der Waals surface area contributed by atoms with Gasteiger partial charge in [0.05, 0.1) is 19.6 Å². The Morgan fingerprint density at radius 2 is 1.60 bits per heavy atom. The lowest BCUT2D eigenvalue weighted by Gasteiger charge is -2.45. The van der Waals surface area contributed by atoms with Gasteiger partial charge in [-0.05, 0) is 80.7 Å². The van der Waals surface area contributed by atoms with E-state index < -0.39 is 73.4 Å². The number of aryl methyl sites for hydroxylation is 2. The van der Waals surface area contributed by atoms with Crippen molar-refractivity contribution in [2.45, 2.75) is 76.9 Å². The van der Waals surface area contributed by atoms with Gasteiger partial charge in [0.1, 0.15) is 28.5 Å². The molecule has 0 saturated heterocycles. The molecule has 50 heavy (non-hydrogen) atoms. The van der Waals surface area contributed by atoms with E-state index in [0.29, 0.717) is 17.7 Å². The highest BCUT2D eigenvalue weighted by molar-refractivity contribution is 7.86. The van der Waals surface area contributed by atoms with E-state index in [4.69, 9.17) is 17.8 Å². The molecule has 4 rings (SSSR count). The third-order valence-electron chi connectivity index (χ3n) is 9.88. The summed E-state index contributed by atoms with van der Waals surface area (Å²) < 4.78 is 102. The second-order valence-electron chi connectivity index (χ2n) is 13.7. The number of halogens is 2. The molecule has 2 aromatic rings. The number of ketones is 1. The molecule has 0 bridgehead atoms. The van der Waals surface area contributed by atoms with E-state index in [0.717, 1.165) is 18.1 Å². The van der Waals surface area contributed by atoms with E-state index in [1.165, 1.54) is 27.0 Å². The van der Waals surface area contributed by atoms with Crippen LogP contribution in [0, 0.1) is 48.4 Å². The fourth-order valence-electron chi connectivity index (χ4n) is 7.31. The summed E-state index contributed by atoms with van der Waals surface area (Å²) in [6.07, 6.45) is 0.946. The van der Waals surface area contributed by atoms with Crippen molar-refractivity contribution in [3.63, 3.8) is 0 Å². The maximum absolute atomic E-state index is 14.6. The molecule has 2 saturated carbocycles. The number of hydrogen-bond donors (Lipinski definition) is 0. The summed E-state index contributed by atoms with van der Waals surface area (Å²) in [6, 6.07) is 13.4. The molecule has 2 aromatic carbocycles. The number of carbonyl (C=O) groups is 2. The number of benzene rings is 2. The molecule has 0 aromatic heterocycles. The molecule has 7 atom stereocenters. The predicted octanol–water partition coefficient (Wildman–Crippen LogP) is 5.52. The lowest BCUT2D eigenvalue weighted by molar-refractivity contribution is -0.162. The van der Waals surface area contributed by atoms with Crippen molar-refractivity contribution in [1.29, 1.82) is 0 Å². The molecule has 0 spiro atoms. The van der Waals surface area contributed by atoms with Crippen molar-refractivity contribution in [3.05, 3.63) is 59.7 Å². The SMILES string of the molecule is COc1ccc(CCC(C)(OS(C)(=O)=O)C(C)(OS(C)(=O)=O)C2C3CC(=O)C(C(C)C#CCCC(F)(F)C(=O)Oc4ccccc4C)C32)cc1. The van der Waals surface area contributed by atoms with Crippen LogP contribution in [0.4, 0.5) is 8.78 Å². The van der Waals surface area contributed by atoms with Crippen LogP contribution >= 0.6 is 0 Å². The number of methoxy groups -OCH3 is 1. The maximum Gasteiger partial charge on any atom is 0.382 e. The molecule has 0 N–H and O–H groups in total. The molecule has 7 unspecified atom stereocenters. The number of esters is 1. The summed E-state index contributed by atoms with van der Waals surface area (Å²) >= 11 is 0. The van der Waals surface area contributed by atoms with Crippen LogP contribution in [-0.2, 0) is 44.6 Å². The van der Waals surface area contributed by atoms with Crippen molar-refractivity contribution in [3.8, 4) is 23.3 Å². The Morgan fingerprint density at radius 3 is 2.18 bits per heavy atom. The number of carbonyl (C=O) groups excluding carboxylic acids is 2. The zero-order valence-electron chi connectivity index (χ0n) is 29.2. The average molecular weight is 739 g/mol. The number of fused-ring (bicyclic) bond motifs is 1. The molecule has 2 fully saturated rings. The van der Waals surface area contributed by atoms with E-state index in [1.807, 2.05) is 0 Å². The first kappa shape index (κ1) is 39.4. The Hall–Kier alpha value is -3.38. The number of ether oxygens (including phenoxy) is 2. The first-order chi connectivity index (χ1) is 23.1. The van der Waals surface area contributed by atoms with E-state index in [-0.39, 0.29) is 36.7 Å². The van der Waals surface area contributed by atoms with Crippen molar-refractivity contribution in [1.82, 2.24) is 0 Å². The lowest BCUT2D eigenvalue weighted by Crippen LogP contribution is -2.58. The van der Waals surface area contributed by atoms with E-state index in [2.05, 4.69) is 11.8 Å². The second kappa shape index (κ2) is 14.7. The topological polar surface area (TPSA) is 139 Å². The Morgan fingerprint density at radius 1 is 0.980 bits per heavy atom. The van der Waals surface area contributed by atoms with Crippen LogP contribution in [0.1, 0.15) is 57.6 Å². The van der Waals surface area contributed by atoms with Crippen LogP contribution in [0.2, 0.25) is 0 Å². The molecule has 2 aliphatic carbocycles. The summed E-state index contributed by atoms with van der Waals surface area (Å²) in [7, 11) is -6.78. The largest absolute Gasteiger partial charge is 0.497 e. The van der Waals surface area contributed by atoms with Crippen LogP contribution in [0.3, 0.4) is 0 Å². The van der Waals surface area contributed by atoms with Gasteiger partial charge in [-0.25, -0.2) is 4.79 Å². The highest BCUT2D eigenvalue weighted by atomic mass is 32.2. The van der Waals surface area contributed by atoms with Gasteiger partial charge in [-0.15, -0.1) is 5.92 Å². The molecule has 10 nitrogen and oxygen atoms in total. The second-order valence-corrected chi connectivity index (χ2v) is 16.8. The van der Waals surface area contributed by atoms with Crippen LogP contribution in [0.25, 0.3) is 0 Å². The molecule has 14 heteroatoms. The molecule has 274 valence electrons. The van der Waals surface area contributed by atoms with Crippen LogP contribution in [0.15, 0.2) is 48.5 Å². The predicted molar refractivity (Wildman–Crippen MR) is 182 cm³/mol. The van der Waals surface area contributed by atoms with Gasteiger partial charge in [-0.3, -0.25) is 13.2 Å². The Bertz CT molecular complexity index is 1870. The van der Waals surface area contributed by atoms with Gasteiger partial charge in [0.15, 0.2) is 0 Å². The molecule has 0 radical (unpaired) electrons. The number of hydrogen-bond acceptors (Lipinski definition) is 10. The van der Waals surface area contributed by atoms with Crippen LogP contribution in [0.5, 0.6) is 11.5 Å². The number of Topliss-reactive ketones (excluding diaryl/α,β-unsaturated/α-hetero) is 1. The average Bonchev–Trinajstić information content (AvgIpc) is 3.60. The molecular weight excluding hydrogens is 695 g/mol. The summed E-state index contributed by atoms with van der Waals surface area (Å²) in [4.78, 5) is 25.4. The third-order valence-corrected chi connectivity index (χ3v) is 11.2. The van der Waals surface area contributed by atoms with Crippen molar-refractivity contribution in [2.75, 3.05) is 19.6 Å². The normalized spacial score (nSPS) is 23.4. The van der Waals surface area contributed by atoms with Gasteiger partial charge in [0, 0.05) is 31.1 Å². The maximum atomic E-state index is 14.6. The van der Waals surface area contributed by atoms with Gasteiger partial charge in [0.2, 0.25) is 0 Å². The molecule has 0 heterocycles. The number of para-hydroxylation sites is 1. The van der Waals surface area contributed by atoms with Crippen molar-refractivity contribution < 1.29 is 53.0 Å². The van der Waals surface area contributed by atoms with Gasteiger partial charge in [-0.2, -0.15) is 25.6 Å². The quantitative estimate of drug-likeness (QED) is 0.0994. The summed E-state index contributed by atoms with van der Waals surface area (Å²) in [5, 5.41) is 0. The minimum Gasteiger partial charge on any atom is -0.497 e. The molecular formula is C36H44F2O10S2.